The van der Waals surface area contributed by atoms with Gasteiger partial charge in [-0.2, -0.15) is 0 Å². The first-order chi connectivity index (χ1) is 3.93. The van der Waals surface area contributed by atoms with Crippen LogP contribution in [0.1, 0.15) is 0 Å². The van der Waals surface area contributed by atoms with E-state index in [0.29, 0.717) is 11.7 Å². The van der Waals surface area contributed by atoms with Gasteiger partial charge in [0, 0.05) is 16.3 Å². The van der Waals surface area contributed by atoms with Crippen LogP contribution in [0, 0.1) is 0 Å². The Morgan fingerprint density at radius 1 is 1.11 bits per heavy atom. The van der Waals surface area contributed by atoms with E-state index in [2.05, 4.69) is 0 Å². The van der Waals surface area contributed by atoms with Crippen LogP contribution in [0.5, 0.6) is 0 Å². The van der Waals surface area contributed by atoms with Crippen molar-refractivity contribution in [2.75, 3.05) is 0 Å². The van der Waals surface area contributed by atoms with Crippen LogP contribution in [0.2, 0.25) is 0 Å². The third-order valence-electron chi connectivity index (χ3n) is 0.839. The molecule has 0 saturated carbocycles. The van der Waals surface area contributed by atoms with Crippen LogP contribution < -0.4 is 0 Å². The van der Waals surface area contributed by atoms with E-state index in [0.717, 1.165) is 4.90 Å². The molecule has 0 heterocycles. The van der Waals surface area contributed by atoms with E-state index in [4.69, 9.17) is 0 Å². The number of rotatable bonds is 1. The van der Waals surface area contributed by atoms with Gasteiger partial charge in [-0.15, -0.1) is 0 Å². The summed E-state index contributed by atoms with van der Waals surface area (Å²) in [6.07, 6.45) is 0. The molecule has 0 atom stereocenters. The van der Waals surface area contributed by atoms with Crippen LogP contribution in [0.4, 0.5) is 0 Å². The molecule has 1 aromatic rings. The second-order valence-electron chi connectivity index (χ2n) is 1.40. The Hall–Kier alpha value is 0.240. The topological polar surface area (TPSA) is 17.1 Å². The molecule has 0 unspecified atom stereocenters. The van der Waals surface area contributed by atoms with Crippen LogP contribution in [0.15, 0.2) is 35.2 Å². The predicted molar refractivity (Wildman–Crippen MR) is 39.9 cm³/mol. The molecule has 3 heteroatoms. The third-order valence-corrected chi connectivity index (χ3v) is 1.30. The molecule has 0 bridgehead atoms. The number of benzene rings is 1. The zero-order valence-corrected chi connectivity index (χ0v) is 5.02. The molecule has 0 aliphatic heterocycles. The summed E-state index contributed by atoms with van der Waals surface area (Å²) in [7, 11) is 0. The van der Waals surface area contributed by atoms with E-state index >= 15 is 0 Å². The van der Waals surface area contributed by atoms with Crippen molar-refractivity contribution < 1.29 is 4.21 Å². The average molecular weight is 149 g/mol. The predicted octanol–water partition coefficient (Wildman–Crippen LogP) is 0.825. The first kappa shape index (κ1) is 9.24. The fraction of sp³-hybridized carbons (Fsp3) is 0. The van der Waals surface area contributed by atoms with Crippen molar-refractivity contribution in [1.82, 2.24) is 0 Å². The molecular formula is C6H6NaOS+. The van der Waals surface area contributed by atoms with Gasteiger partial charge >= 0.3 is 41.2 Å². The Kier molecular flexibility index (Phi) is 5.19. The minimum atomic E-state index is 0. The fourth-order valence-corrected chi connectivity index (χ4v) is 0.744. The summed E-state index contributed by atoms with van der Waals surface area (Å²) < 4.78 is 10.0. The van der Waals surface area contributed by atoms with Crippen LogP contribution in [0.25, 0.3) is 0 Å². The third kappa shape index (κ3) is 3.06. The molecular weight excluding hydrogens is 143 g/mol. The average Bonchev–Trinajstić information content (AvgIpc) is 1.90. The molecule has 0 amide bonds. The monoisotopic (exact) mass is 149 g/mol. The molecule has 9 heavy (non-hydrogen) atoms. The summed E-state index contributed by atoms with van der Waals surface area (Å²) in [4.78, 5) is 0.771. The van der Waals surface area contributed by atoms with Crippen molar-refractivity contribution in [3.05, 3.63) is 30.3 Å². The summed E-state index contributed by atoms with van der Waals surface area (Å²) >= 11 is 0.519. The number of hydrogen-bond acceptors (Lipinski definition) is 1. The number of hydrogen-bond donors (Lipinski definition) is 0. The van der Waals surface area contributed by atoms with E-state index in [1.54, 1.807) is 12.1 Å². The standard InChI is InChI=1S/C6H5OS.Na.H/c7-8-6-4-2-1-3-5-6;;/h1-5H;;/q+1;;. The fourth-order valence-electron chi connectivity index (χ4n) is 0.476. The van der Waals surface area contributed by atoms with Crippen molar-refractivity contribution >= 4 is 41.2 Å². The van der Waals surface area contributed by atoms with Gasteiger partial charge in [-0.25, -0.2) is 0 Å². The summed E-state index contributed by atoms with van der Waals surface area (Å²) in [5.41, 5.74) is 0. The molecule has 0 radical (unpaired) electrons. The molecule has 0 spiro atoms. The maximum absolute atomic E-state index is 10.0. The van der Waals surface area contributed by atoms with Crippen LogP contribution in [-0.4, -0.2) is 29.6 Å². The molecule has 0 N–H and O–H groups in total. The molecule has 42 valence electrons. The van der Waals surface area contributed by atoms with Gasteiger partial charge in [0.05, 0.1) is 0 Å². The Balaban J connectivity index is 0.000000640. The second-order valence-corrected chi connectivity index (χ2v) is 2.03. The second kappa shape index (κ2) is 5.06. The molecule has 0 saturated heterocycles. The van der Waals surface area contributed by atoms with Gasteiger partial charge in [0.1, 0.15) is 0 Å². The Morgan fingerprint density at radius 2 is 1.67 bits per heavy atom. The van der Waals surface area contributed by atoms with Crippen molar-refractivity contribution in [1.29, 1.82) is 0 Å². The molecule has 0 aromatic heterocycles. The zero-order valence-electron chi connectivity index (χ0n) is 4.20. The molecule has 0 aliphatic carbocycles. The summed E-state index contributed by atoms with van der Waals surface area (Å²) in [5.74, 6) is 0. The van der Waals surface area contributed by atoms with Crippen molar-refractivity contribution in [3.63, 3.8) is 0 Å². The Morgan fingerprint density at radius 3 is 2.00 bits per heavy atom. The van der Waals surface area contributed by atoms with Gasteiger partial charge in [-0.3, -0.25) is 0 Å². The van der Waals surface area contributed by atoms with E-state index in [9.17, 15) is 4.21 Å². The van der Waals surface area contributed by atoms with Crippen LogP contribution in [-0.2, 0) is 15.9 Å². The van der Waals surface area contributed by atoms with Crippen LogP contribution in [0.3, 0.4) is 0 Å². The van der Waals surface area contributed by atoms with Gasteiger partial charge in [-0.05, 0) is 0 Å². The molecule has 1 nitrogen and oxygen atoms in total. The van der Waals surface area contributed by atoms with Gasteiger partial charge in [0.25, 0.3) is 4.90 Å². The summed E-state index contributed by atoms with van der Waals surface area (Å²) in [6, 6.07) is 9.16. The molecule has 0 fully saturated rings. The quantitative estimate of drug-likeness (QED) is 0.427. The van der Waals surface area contributed by atoms with Gasteiger partial charge in [0.15, 0.2) is 0 Å². The van der Waals surface area contributed by atoms with E-state index < -0.39 is 0 Å². The first-order valence-electron chi connectivity index (χ1n) is 2.28. The van der Waals surface area contributed by atoms with Gasteiger partial charge in [-0.1, -0.05) is 18.2 Å². The van der Waals surface area contributed by atoms with E-state index in [1.807, 2.05) is 18.2 Å². The normalized spacial score (nSPS) is 7.56. The molecule has 0 aliphatic rings. The minimum absolute atomic E-state index is 0. The summed E-state index contributed by atoms with van der Waals surface area (Å²) in [6.45, 7) is 0. The Bertz CT molecular complexity index is 176. The van der Waals surface area contributed by atoms with Gasteiger partial charge < -0.3 is 0 Å². The maximum atomic E-state index is 10.0. The van der Waals surface area contributed by atoms with Crippen molar-refractivity contribution in [2.45, 2.75) is 4.90 Å². The van der Waals surface area contributed by atoms with E-state index in [-0.39, 0.29) is 29.6 Å². The molecule has 1 rings (SSSR count). The molecule has 1 aromatic carbocycles. The van der Waals surface area contributed by atoms with Crippen molar-refractivity contribution in [3.8, 4) is 0 Å². The van der Waals surface area contributed by atoms with Crippen LogP contribution >= 0.6 is 0 Å². The Labute approximate surface area is 80.3 Å². The van der Waals surface area contributed by atoms with Crippen molar-refractivity contribution in [2.24, 2.45) is 0 Å². The SMILES string of the molecule is O=[S+]c1ccccc1.[NaH]. The zero-order chi connectivity index (χ0) is 5.82. The first-order valence-corrected chi connectivity index (χ1v) is 3.02. The summed E-state index contributed by atoms with van der Waals surface area (Å²) in [5, 5.41) is 0. The van der Waals surface area contributed by atoms with Gasteiger partial charge in [0.2, 0.25) is 0 Å². The van der Waals surface area contributed by atoms with E-state index in [1.165, 1.54) is 0 Å².